The number of hydrogen-bond acceptors (Lipinski definition) is 7. The van der Waals surface area contributed by atoms with Gasteiger partial charge in [0.05, 0.1) is 31.5 Å². The number of ether oxygens (including phenoxy) is 2. The predicted octanol–water partition coefficient (Wildman–Crippen LogP) is 4.32. The molecule has 0 aliphatic rings. The predicted molar refractivity (Wildman–Crippen MR) is 132 cm³/mol. The molecule has 0 aliphatic heterocycles. The highest BCUT2D eigenvalue weighted by Crippen LogP contribution is 2.28. The zero-order valence-corrected chi connectivity index (χ0v) is 19.8. The number of aliphatic hydroxyl groups is 1. The number of carbonyl (C=O) groups excluding carboxylic acids is 2. The molecule has 0 spiro atoms. The van der Waals surface area contributed by atoms with Crippen molar-refractivity contribution >= 4 is 29.2 Å². The van der Waals surface area contributed by atoms with E-state index in [4.69, 9.17) is 21.1 Å². The van der Waals surface area contributed by atoms with E-state index in [2.05, 4.69) is 10.6 Å². The van der Waals surface area contributed by atoms with Gasteiger partial charge in [-0.1, -0.05) is 41.9 Å². The van der Waals surface area contributed by atoms with Crippen molar-refractivity contribution in [1.82, 2.24) is 5.32 Å². The minimum Gasteiger partial charge on any atom is -0.465 e. The van der Waals surface area contributed by atoms with Crippen molar-refractivity contribution in [2.45, 2.75) is 6.10 Å². The standard InChI is InChI=1S/C26H27ClN2O5/c1-33-25(31)19-9-10-22(23(15-19)26(32)34-2)17-5-4-8-21(14-17)29-12-11-28-16-24(30)18-6-3-7-20(27)13-18/h3-10,13-15,24,28-30H,11-12,16H2,1-2H3/t24-/m0/s1. The summed E-state index contributed by atoms with van der Waals surface area (Å²) >= 11 is 5.97. The molecule has 0 bridgehead atoms. The molecule has 0 amide bonds. The van der Waals surface area contributed by atoms with Gasteiger partial charge < -0.3 is 25.2 Å². The van der Waals surface area contributed by atoms with Gasteiger partial charge in [-0.25, -0.2) is 9.59 Å². The van der Waals surface area contributed by atoms with Crippen LogP contribution in [0.3, 0.4) is 0 Å². The van der Waals surface area contributed by atoms with E-state index >= 15 is 0 Å². The minimum atomic E-state index is -0.647. The van der Waals surface area contributed by atoms with Gasteiger partial charge in [0.15, 0.2) is 0 Å². The Morgan fingerprint density at radius 3 is 2.44 bits per heavy atom. The quantitative estimate of drug-likeness (QED) is 0.292. The van der Waals surface area contributed by atoms with E-state index < -0.39 is 18.0 Å². The second kappa shape index (κ2) is 12.2. The Morgan fingerprint density at radius 1 is 0.941 bits per heavy atom. The largest absolute Gasteiger partial charge is 0.465 e. The topological polar surface area (TPSA) is 96.9 Å². The van der Waals surface area contributed by atoms with Crippen molar-refractivity contribution in [3.05, 3.63) is 88.4 Å². The Labute approximate surface area is 203 Å². The number of carbonyl (C=O) groups is 2. The highest BCUT2D eigenvalue weighted by Gasteiger charge is 2.17. The van der Waals surface area contributed by atoms with E-state index in [1.807, 2.05) is 36.4 Å². The molecule has 3 aromatic carbocycles. The summed E-state index contributed by atoms with van der Waals surface area (Å²) in [7, 11) is 2.58. The van der Waals surface area contributed by atoms with Gasteiger partial charge in [0.2, 0.25) is 0 Å². The second-order valence-electron chi connectivity index (χ2n) is 7.53. The first-order chi connectivity index (χ1) is 16.4. The normalized spacial score (nSPS) is 11.5. The monoisotopic (exact) mass is 482 g/mol. The van der Waals surface area contributed by atoms with Crippen LogP contribution in [0.25, 0.3) is 11.1 Å². The van der Waals surface area contributed by atoms with Gasteiger partial charge in [0, 0.05) is 30.3 Å². The Kier molecular flexibility index (Phi) is 9.04. The number of anilines is 1. The number of aliphatic hydroxyl groups excluding tert-OH is 1. The lowest BCUT2D eigenvalue weighted by Crippen LogP contribution is -2.26. The molecule has 0 radical (unpaired) electrons. The highest BCUT2D eigenvalue weighted by atomic mass is 35.5. The van der Waals surface area contributed by atoms with Gasteiger partial charge in [-0.05, 0) is 53.1 Å². The van der Waals surface area contributed by atoms with Crippen LogP contribution in [0.15, 0.2) is 66.7 Å². The summed E-state index contributed by atoms with van der Waals surface area (Å²) in [6.07, 6.45) is -0.647. The van der Waals surface area contributed by atoms with Crippen LogP contribution < -0.4 is 10.6 Å². The molecule has 8 heteroatoms. The third-order valence-electron chi connectivity index (χ3n) is 5.22. The number of methoxy groups -OCH3 is 2. The van der Waals surface area contributed by atoms with E-state index in [1.54, 1.807) is 24.3 Å². The van der Waals surface area contributed by atoms with Crippen molar-refractivity contribution < 1.29 is 24.2 Å². The van der Waals surface area contributed by atoms with Crippen LogP contribution in [0, 0.1) is 0 Å². The summed E-state index contributed by atoms with van der Waals surface area (Å²) in [5, 5.41) is 17.4. The third kappa shape index (κ3) is 6.57. The Bertz CT molecular complexity index is 1150. The lowest BCUT2D eigenvalue weighted by Gasteiger charge is -2.14. The SMILES string of the molecule is COC(=O)c1ccc(-c2cccc(NCCNC[C@H](O)c3cccc(Cl)c3)c2)c(C(=O)OC)c1. The fourth-order valence-corrected chi connectivity index (χ4v) is 3.68. The van der Waals surface area contributed by atoms with Crippen LogP contribution in [0.5, 0.6) is 0 Å². The Morgan fingerprint density at radius 2 is 1.71 bits per heavy atom. The Hall–Kier alpha value is -3.39. The van der Waals surface area contributed by atoms with Crippen LogP contribution in [0.2, 0.25) is 5.02 Å². The first-order valence-electron chi connectivity index (χ1n) is 10.7. The highest BCUT2D eigenvalue weighted by molar-refractivity contribution is 6.30. The average molecular weight is 483 g/mol. The summed E-state index contributed by atoms with van der Waals surface area (Å²) in [6, 6.07) is 19.6. The molecule has 0 aromatic heterocycles. The van der Waals surface area contributed by atoms with Gasteiger partial charge >= 0.3 is 11.9 Å². The van der Waals surface area contributed by atoms with Crippen molar-refractivity contribution in [3.8, 4) is 11.1 Å². The molecular weight excluding hydrogens is 456 g/mol. The molecule has 3 aromatic rings. The molecule has 7 nitrogen and oxygen atoms in total. The summed E-state index contributed by atoms with van der Waals surface area (Å²) < 4.78 is 9.65. The molecule has 0 fully saturated rings. The van der Waals surface area contributed by atoms with Crippen LogP contribution in [0.4, 0.5) is 5.69 Å². The van der Waals surface area contributed by atoms with Crippen LogP contribution in [0.1, 0.15) is 32.4 Å². The van der Waals surface area contributed by atoms with Gasteiger partial charge in [0.1, 0.15) is 0 Å². The molecular formula is C26H27ClN2O5. The maximum Gasteiger partial charge on any atom is 0.338 e. The Balaban J connectivity index is 1.62. The van der Waals surface area contributed by atoms with Gasteiger partial charge in [-0.2, -0.15) is 0 Å². The number of esters is 2. The lowest BCUT2D eigenvalue weighted by molar-refractivity contribution is 0.0599. The summed E-state index contributed by atoms with van der Waals surface area (Å²) in [4.78, 5) is 24.2. The van der Waals surface area contributed by atoms with Crippen LogP contribution in [-0.4, -0.2) is 50.9 Å². The third-order valence-corrected chi connectivity index (χ3v) is 5.46. The van der Waals surface area contributed by atoms with Crippen molar-refractivity contribution in [2.24, 2.45) is 0 Å². The molecule has 0 saturated heterocycles. The van der Waals surface area contributed by atoms with Gasteiger partial charge in [0.25, 0.3) is 0 Å². The van der Waals surface area contributed by atoms with E-state index in [-0.39, 0.29) is 11.1 Å². The molecule has 0 heterocycles. The summed E-state index contributed by atoms with van der Waals surface area (Å²) in [6.45, 7) is 1.65. The second-order valence-corrected chi connectivity index (χ2v) is 7.96. The lowest BCUT2D eigenvalue weighted by atomic mass is 9.97. The zero-order chi connectivity index (χ0) is 24.5. The van der Waals surface area contributed by atoms with Crippen molar-refractivity contribution in [2.75, 3.05) is 39.2 Å². The molecule has 3 N–H and O–H groups in total. The minimum absolute atomic E-state index is 0.270. The van der Waals surface area contributed by atoms with Gasteiger partial charge in [-0.3, -0.25) is 0 Å². The summed E-state index contributed by atoms with van der Waals surface area (Å²) in [5.74, 6) is -1.07. The fraction of sp³-hybridized carbons (Fsp3) is 0.231. The van der Waals surface area contributed by atoms with Crippen molar-refractivity contribution in [3.63, 3.8) is 0 Å². The molecule has 3 rings (SSSR count). The van der Waals surface area contributed by atoms with E-state index in [0.29, 0.717) is 30.2 Å². The zero-order valence-electron chi connectivity index (χ0n) is 19.0. The first kappa shape index (κ1) is 25.2. The van der Waals surface area contributed by atoms with E-state index in [0.717, 1.165) is 16.8 Å². The maximum absolute atomic E-state index is 12.3. The average Bonchev–Trinajstić information content (AvgIpc) is 2.87. The fourth-order valence-electron chi connectivity index (χ4n) is 3.48. The van der Waals surface area contributed by atoms with E-state index in [1.165, 1.54) is 20.3 Å². The molecule has 0 unspecified atom stereocenters. The maximum atomic E-state index is 12.3. The summed E-state index contributed by atoms with van der Waals surface area (Å²) in [5.41, 5.74) is 3.62. The molecule has 1 atom stereocenters. The number of rotatable bonds is 10. The van der Waals surface area contributed by atoms with Crippen molar-refractivity contribution in [1.29, 1.82) is 0 Å². The van der Waals surface area contributed by atoms with E-state index in [9.17, 15) is 14.7 Å². The molecule has 178 valence electrons. The number of hydrogen-bond donors (Lipinski definition) is 3. The molecule has 0 aliphatic carbocycles. The van der Waals surface area contributed by atoms with Crippen LogP contribution >= 0.6 is 11.6 Å². The number of halogens is 1. The number of nitrogens with one attached hydrogen (secondary N) is 2. The molecule has 0 saturated carbocycles. The molecule has 34 heavy (non-hydrogen) atoms. The number of benzene rings is 3. The van der Waals surface area contributed by atoms with Crippen LogP contribution in [-0.2, 0) is 9.47 Å². The van der Waals surface area contributed by atoms with Gasteiger partial charge in [-0.15, -0.1) is 0 Å². The smallest absolute Gasteiger partial charge is 0.338 e. The first-order valence-corrected chi connectivity index (χ1v) is 11.1.